The van der Waals surface area contributed by atoms with Crippen molar-refractivity contribution < 1.29 is 23.0 Å². The Kier molecular flexibility index (Phi) is 7.25. The summed E-state index contributed by atoms with van der Waals surface area (Å²) in [6, 6.07) is 19.4. The zero-order valence-electron chi connectivity index (χ0n) is 21.0. The van der Waals surface area contributed by atoms with E-state index in [1.807, 2.05) is 24.3 Å². The van der Waals surface area contributed by atoms with E-state index in [1.165, 1.54) is 28.1 Å². The highest BCUT2D eigenvalue weighted by Crippen LogP contribution is 2.35. The van der Waals surface area contributed by atoms with Crippen LogP contribution < -0.4 is 19.1 Å². The predicted molar refractivity (Wildman–Crippen MR) is 146 cm³/mol. The molecule has 4 aromatic rings. The number of aromatic amines is 1. The van der Waals surface area contributed by atoms with Gasteiger partial charge in [0.15, 0.2) is 0 Å². The van der Waals surface area contributed by atoms with E-state index in [0.717, 1.165) is 22.2 Å². The number of para-hydroxylation sites is 1. The van der Waals surface area contributed by atoms with Gasteiger partial charge in [-0.2, -0.15) is 12.7 Å². The number of ether oxygens (including phenoxy) is 2. The Balaban J connectivity index is 1.18. The topological polar surface area (TPSA) is 107 Å². The summed E-state index contributed by atoms with van der Waals surface area (Å²) in [7, 11) is -0.674. The normalized spacial score (nSPS) is 15.0. The van der Waals surface area contributed by atoms with Crippen LogP contribution >= 0.6 is 0 Å². The smallest absolute Gasteiger partial charge is 0.303 e. The molecule has 37 heavy (non-hydrogen) atoms. The molecule has 10 heteroatoms. The van der Waals surface area contributed by atoms with Crippen LogP contribution in [0.5, 0.6) is 11.5 Å². The van der Waals surface area contributed by atoms with Gasteiger partial charge in [0.2, 0.25) is 0 Å². The number of hydrogen-bond donors (Lipinski definition) is 3. The van der Waals surface area contributed by atoms with E-state index >= 15 is 0 Å². The largest absolute Gasteiger partial charge is 0.492 e. The Morgan fingerprint density at radius 2 is 1.92 bits per heavy atom. The molecule has 9 nitrogen and oxygen atoms in total. The van der Waals surface area contributed by atoms with Crippen molar-refractivity contribution in [3.05, 3.63) is 66.2 Å². The summed E-state index contributed by atoms with van der Waals surface area (Å²) < 4.78 is 39.9. The quantitative estimate of drug-likeness (QED) is 0.290. The van der Waals surface area contributed by atoms with Gasteiger partial charge in [0.1, 0.15) is 18.1 Å². The second-order valence-electron chi connectivity index (χ2n) is 9.24. The van der Waals surface area contributed by atoms with E-state index in [2.05, 4.69) is 28.5 Å². The summed E-state index contributed by atoms with van der Waals surface area (Å²) >= 11 is 0. The molecule has 0 bridgehead atoms. The van der Waals surface area contributed by atoms with Crippen molar-refractivity contribution in [1.29, 1.82) is 0 Å². The van der Waals surface area contributed by atoms with E-state index in [0.29, 0.717) is 56.3 Å². The van der Waals surface area contributed by atoms with Crippen LogP contribution in [-0.2, 0) is 10.2 Å². The number of benzene rings is 3. The monoisotopic (exact) mass is 524 g/mol. The molecule has 1 unspecified atom stereocenters. The number of aliphatic hydroxyl groups is 1. The summed E-state index contributed by atoms with van der Waals surface area (Å²) in [5.41, 5.74) is 3.18. The van der Waals surface area contributed by atoms with Gasteiger partial charge in [0.25, 0.3) is 0 Å². The zero-order valence-corrected chi connectivity index (χ0v) is 21.8. The SMILES string of the molecule is CN(C)S(=O)(=O)N1CCCOc2ccc(C(O)CNCCOc3ccc4c(c3)[nH]c3ccccc34)cc21. The second-order valence-corrected chi connectivity index (χ2v) is 11.3. The Morgan fingerprint density at radius 1 is 1.11 bits per heavy atom. The molecule has 3 aromatic carbocycles. The number of anilines is 1. The summed E-state index contributed by atoms with van der Waals surface area (Å²) in [5.74, 6) is 1.27. The van der Waals surface area contributed by atoms with Crippen molar-refractivity contribution >= 4 is 37.7 Å². The molecule has 1 aliphatic heterocycles. The maximum absolute atomic E-state index is 12.9. The minimum Gasteiger partial charge on any atom is -0.492 e. The molecular formula is C27H32N4O5S. The van der Waals surface area contributed by atoms with Crippen molar-refractivity contribution in [1.82, 2.24) is 14.6 Å². The van der Waals surface area contributed by atoms with Gasteiger partial charge in [-0.3, -0.25) is 4.31 Å². The molecule has 1 aliphatic rings. The molecule has 1 aromatic heterocycles. The Morgan fingerprint density at radius 3 is 2.76 bits per heavy atom. The van der Waals surface area contributed by atoms with Gasteiger partial charge in [-0.05, 0) is 35.9 Å². The van der Waals surface area contributed by atoms with Crippen LogP contribution in [0.1, 0.15) is 18.1 Å². The maximum Gasteiger partial charge on any atom is 0.303 e. The van der Waals surface area contributed by atoms with Crippen LogP contribution in [0, 0.1) is 0 Å². The highest BCUT2D eigenvalue weighted by molar-refractivity contribution is 7.90. The Hall–Kier alpha value is -3.31. The summed E-state index contributed by atoms with van der Waals surface area (Å²) in [5, 5.41) is 16.3. The number of nitrogens with one attached hydrogen (secondary N) is 2. The van der Waals surface area contributed by atoms with Crippen LogP contribution in [0.15, 0.2) is 60.7 Å². The molecule has 0 saturated carbocycles. The maximum atomic E-state index is 12.9. The van der Waals surface area contributed by atoms with Crippen molar-refractivity contribution in [2.75, 3.05) is 51.2 Å². The lowest BCUT2D eigenvalue weighted by Gasteiger charge is -2.27. The molecule has 1 atom stereocenters. The molecule has 0 saturated heterocycles. The first-order chi connectivity index (χ1) is 17.8. The lowest BCUT2D eigenvalue weighted by molar-refractivity contribution is 0.172. The van der Waals surface area contributed by atoms with Gasteiger partial charge in [-0.25, -0.2) is 0 Å². The molecule has 0 spiro atoms. The molecule has 0 radical (unpaired) electrons. The van der Waals surface area contributed by atoms with Crippen LogP contribution in [0.25, 0.3) is 21.8 Å². The van der Waals surface area contributed by atoms with Crippen molar-refractivity contribution in [2.24, 2.45) is 0 Å². The fraction of sp³-hybridized carbons (Fsp3) is 0.333. The molecule has 2 heterocycles. The lowest BCUT2D eigenvalue weighted by Crippen LogP contribution is -2.40. The fourth-order valence-electron chi connectivity index (χ4n) is 4.53. The first-order valence-electron chi connectivity index (χ1n) is 12.3. The summed E-state index contributed by atoms with van der Waals surface area (Å²) in [6.07, 6.45) is -0.242. The Labute approximate surface area is 216 Å². The number of hydrogen-bond acceptors (Lipinski definition) is 6. The lowest BCUT2D eigenvalue weighted by atomic mass is 10.1. The van der Waals surface area contributed by atoms with E-state index in [9.17, 15) is 13.5 Å². The highest BCUT2D eigenvalue weighted by atomic mass is 32.2. The van der Waals surface area contributed by atoms with Gasteiger partial charge >= 0.3 is 10.2 Å². The molecule has 0 fully saturated rings. The zero-order chi connectivity index (χ0) is 26.0. The number of fused-ring (bicyclic) bond motifs is 4. The molecule has 0 amide bonds. The van der Waals surface area contributed by atoms with Gasteiger partial charge in [-0.15, -0.1) is 0 Å². The third-order valence-electron chi connectivity index (χ3n) is 6.50. The molecule has 0 aliphatic carbocycles. The van der Waals surface area contributed by atoms with Crippen LogP contribution in [0.4, 0.5) is 5.69 Å². The van der Waals surface area contributed by atoms with E-state index in [1.54, 1.807) is 18.2 Å². The minimum atomic E-state index is -3.68. The third-order valence-corrected chi connectivity index (χ3v) is 8.36. The molecule has 196 valence electrons. The van der Waals surface area contributed by atoms with Gasteiger partial charge in [-0.1, -0.05) is 24.3 Å². The fourth-order valence-corrected chi connectivity index (χ4v) is 5.67. The Bertz CT molecular complexity index is 1500. The number of rotatable bonds is 9. The molecule has 5 rings (SSSR count). The van der Waals surface area contributed by atoms with E-state index in [-0.39, 0.29) is 0 Å². The van der Waals surface area contributed by atoms with E-state index in [4.69, 9.17) is 9.47 Å². The minimum absolute atomic E-state index is 0.296. The van der Waals surface area contributed by atoms with Gasteiger partial charge in [0, 0.05) is 62.5 Å². The van der Waals surface area contributed by atoms with E-state index < -0.39 is 16.3 Å². The molecule has 3 N–H and O–H groups in total. The number of aromatic nitrogens is 1. The van der Waals surface area contributed by atoms with Gasteiger partial charge < -0.3 is 24.9 Å². The first-order valence-corrected chi connectivity index (χ1v) is 13.7. The average molecular weight is 525 g/mol. The summed E-state index contributed by atoms with van der Waals surface area (Å²) in [6.45, 7) is 2.02. The van der Waals surface area contributed by atoms with Crippen LogP contribution in [0.3, 0.4) is 0 Å². The van der Waals surface area contributed by atoms with Crippen molar-refractivity contribution in [3.63, 3.8) is 0 Å². The first kappa shape index (κ1) is 25.3. The number of aliphatic hydroxyl groups excluding tert-OH is 1. The van der Waals surface area contributed by atoms with Crippen LogP contribution in [-0.4, -0.2) is 69.8 Å². The molecular weight excluding hydrogens is 492 g/mol. The van der Waals surface area contributed by atoms with Crippen molar-refractivity contribution in [2.45, 2.75) is 12.5 Å². The summed E-state index contributed by atoms with van der Waals surface area (Å²) in [4.78, 5) is 3.42. The highest BCUT2D eigenvalue weighted by Gasteiger charge is 2.29. The van der Waals surface area contributed by atoms with Crippen LogP contribution in [0.2, 0.25) is 0 Å². The van der Waals surface area contributed by atoms with Crippen molar-refractivity contribution in [3.8, 4) is 11.5 Å². The third kappa shape index (κ3) is 5.24. The number of nitrogens with zero attached hydrogens (tertiary/aromatic N) is 2. The average Bonchev–Trinajstić information content (AvgIpc) is 3.11. The second kappa shape index (κ2) is 10.6. The predicted octanol–water partition coefficient (Wildman–Crippen LogP) is 3.42. The number of H-pyrrole nitrogens is 1. The van der Waals surface area contributed by atoms with Gasteiger partial charge in [0.05, 0.1) is 23.9 Å². The standard InChI is InChI=1S/C27H32N4O5S/c1-30(2)37(33,34)31-13-5-14-36-27-11-8-19(16-25(27)31)26(32)18-28-12-15-35-20-9-10-22-21-6-3-4-7-23(21)29-24(22)17-20/h3-4,6-11,16-17,26,28-29,32H,5,12-15,18H2,1-2H3.